The van der Waals surface area contributed by atoms with Crippen molar-refractivity contribution in [1.29, 1.82) is 5.26 Å². The van der Waals surface area contributed by atoms with E-state index in [4.69, 9.17) is 14.7 Å². The van der Waals surface area contributed by atoms with Crippen molar-refractivity contribution in [3.05, 3.63) is 94.5 Å². The second-order valence-electron chi connectivity index (χ2n) is 7.87. The lowest BCUT2D eigenvalue weighted by Gasteiger charge is -2.09. The fraction of sp³-hybridized carbons (Fsp3) is 0.154. The van der Waals surface area contributed by atoms with Crippen molar-refractivity contribution < 1.29 is 14.3 Å². The SMILES string of the molecule is CC(C)OC(=O)Oc1cnc(-c2cccc(Cn3nc(-c4cccc(C#N)c4)ccc3=O)c2)nc1. The van der Waals surface area contributed by atoms with Crippen LogP contribution in [0.1, 0.15) is 25.0 Å². The first-order valence-electron chi connectivity index (χ1n) is 10.8. The van der Waals surface area contributed by atoms with Gasteiger partial charge in [-0.2, -0.15) is 10.4 Å². The molecule has 0 atom stereocenters. The highest BCUT2D eigenvalue weighted by molar-refractivity contribution is 5.64. The van der Waals surface area contributed by atoms with Gasteiger partial charge in [-0.15, -0.1) is 0 Å². The summed E-state index contributed by atoms with van der Waals surface area (Å²) in [5.74, 6) is 0.599. The molecule has 2 aromatic heterocycles. The van der Waals surface area contributed by atoms with E-state index in [0.717, 1.165) is 16.7 Å². The van der Waals surface area contributed by atoms with Crippen molar-refractivity contribution in [2.24, 2.45) is 0 Å². The molecule has 0 N–H and O–H groups in total. The van der Waals surface area contributed by atoms with Crippen LogP contribution in [0.4, 0.5) is 4.79 Å². The topological polar surface area (TPSA) is 120 Å². The van der Waals surface area contributed by atoms with Crippen molar-refractivity contribution in [3.8, 4) is 34.5 Å². The number of rotatable bonds is 6. The van der Waals surface area contributed by atoms with Crippen LogP contribution in [0.3, 0.4) is 0 Å². The fourth-order valence-corrected chi connectivity index (χ4v) is 3.28. The maximum Gasteiger partial charge on any atom is 0.514 e. The van der Waals surface area contributed by atoms with Crippen molar-refractivity contribution >= 4 is 6.16 Å². The van der Waals surface area contributed by atoms with Crippen LogP contribution in [0.25, 0.3) is 22.6 Å². The van der Waals surface area contributed by atoms with Gasteiger partial charge in [0.25, 0.3) is 5.56 Å². The average Bonchev–Trinajstić information content (AvgIpc) is 2.85. The standard InChI is InChI=1S/C26H21N5O4/c1-17(2)34-26(33)35-22-14-28-25(29-15-22)21-8-4-6-19(12-21)16-31-24(32)10-9-23(30-31)20-7-3-5-18(11-20)13-27/h3-12,14-15,17H,16H2,1-2H3. The van der Waals surface area contributed by atoms with E-state index >= 15 is 0 Å². The van der Waals surface area contributed by atoms with Gasteiger partial charge in [-0.1, -0.05) is 30.3 Å². The van der Waals surface area contributed by atoms with E-state index in [1.807, 2.05) is 30.3 Å². The molecule has 0 aliphatic rings. The third-order valence-corrected chi connectivity index (χ3v) is 4.83. The molecule has 0 aliphatic carbocycles. The number of carbonyl (C=O) groups is 1. The first-order chi connectivity index (χ1) is 16.9. The normalized spacial score (nSPS) is 10.6. The van der Waals surface area contributed by atoms with E-state index in [9.17, 15) is 9.59 Å². The molecule has 4 rings (SSSR count). The molecule has 0 amide bonds. The van der Waals surface area contributed by atoms with Crippen LogP contribution in [0.15, 0.2) is 77.9 Å². The summed E-state index contributed by atoms with van der Waals surface area (Å²) in [7, 11) is 0. The first-order valence-corrected chi connectivity index (χ1v) is 10.8. The van der Waals surface area contributed by atoms with E-state index in [-0.39, 0.29) is 24.0 Å². The lowest BCUT2D eigenvalue weighted by molar-refractivity contribution is 0.0727. The maximum absolute atomic E-state index is 12.4. The number of hydrogen-bond donors (Lipinski definition) is 0. The Hall–Kier alpha value is -4.84. The van der Waals surface area contributed by atoms with Gasteiger partial charge in [0.1, 0.15) is 0 Å². The second-order valence-corrected chi connectivity index (χ2v) is 7.87. The molecule has 9 heteroatoms. The minimum Gasteiger partial charge on any atom is -0.431 e. The summed E-state index contributed by atoms with van der Waals surface area (Å²) in [6.45, 7) is 3.68. The molecule has 0 spiro atoms. The zero-order valence-electron chi connectivity index (χ0n) is 19.1. The highest BCUT2D eigenvalue weighted by Crippen LogP contribution is 2.20. The highest BCUT2D eigenvalue weighted by atomic mass is 16.7. The Morgan fingerprint density at radius 2 is 1.77 bits per heavy atom. The van der Waals surface area contributed by atoms with Crippen LogP contribution in [0.2, 0.25) is 0 Å². The van der Waals surface area contributed by atoms with Gasteiger partial charge in [0, 0.05) is 17.2 Å². The first kappa shape index (κ1) is 23.3. The molecule has 0 bridgehead atoms. The monoisotopic (exact) mass is 467 g/mol. The molecule has 0 aliphatic heterocycles. The van der Waals surface area contributed by atoms with Crippen LogP contribution in [0, 0.1) is 11.3 Å². The summed E-state index contributed by atoms with van der Waals surface area (Å²) in [6.07, 6.45) is 1.66. The summed E-state index contributed by atoms with van der Waals surface area (Å²) in [4.78, 5) is 32.6. The van der Waals surface area contributed by atoms with Gasteiger partial charge in [0.2, 0.25) is 0 Å². The molecule has 0 radical (unpaired) electrons. The van der Waals surface area contributed by atoms with E-state index in [1.54, 1.807) is 38.1 Å². The van der Waals surface area contributed by atoms with E-state index in [2.05, 4.69) is 21.1 Å². The van der Waals surface area contributed by atoms with Crippen LogP contribution < -0.4 is 10.3 Å². The van der Waals surface area contributed by atoms with Crippen LogP contribution >= 0.6 is 0 Å². The molecule has 2 heterocycles. The summed E-state index contributed by atoms with van der Waals surface area (Å²) in [5, 5.41) is 13.6. The molecule has 9 nitrogen and oxygen atoms in total. The zero-order chi connectivity index (χ0) is 24.8. The van der Waals surface area contributed by atoms with Crippen molar-refractivity contribution in [3.63, 3.8) is 0 Å². The number of aromatic nitrogens is 4. The minimum atomic E-state index is -0.821. The number of hydrogen-bond acceptors (Lipinski definition) is 8. The van der Waals surface area contributed by atoms with Crippen molar-refractivity contribution in [2.75, 3.05) is 0 Å². The molecule has 4 aromatic rings. The van der Waals surface area contributed by atoms with Gasteiger partial charge >= 0.3 is 6.16 Å². The van der Waals surface area contributed by atoms with E-state index in [1.165, 1.54) is 23.1 Å². The summed E-state index contributed by atoms with van der Waals surface area (Å²) in [6, 6.07) is 19.7. The van der Waals surface area contributed by atoms with Gasteiger partial charge < -0.3 is 9.47 Å². The number of benzene rings is 2. The Morgan fingerprint density at radius 3 is 2.51 bits per heavy atom. The summed E-state index contributed by atoms with van der Waals surface area (Å²) in [5.41, 5.74) is 3.16. The molecular weight excluding hydrogens is 446 g/mol. The summed E-state index contributed by atoms with van der Waals surface area (Å²) < 4.78 is 11.3. The number of nitriles is 1. The Kier molecular flexibility index (Phi) is 6.93. The van der Waals surface area contributed by atoms with Crippen molar-refractivity contribution in [2.45, 2.75) is 26.5 Å². The lowest BCUT2D eigenvalue weighted by atomic mass is 10.1. The molecule has 0 fully saturated rings. The molecular formula is C26H21N5O4. The van der Waals surface area contributed by atoms with E-state index in [0.29, 0.717) is 17.1 Å². The van der Waals surface area contributed by atoms with Gasteiger partial charge in [-0.25, -0.2) is 19.4 Å². The second kappa shape index (κ2) is 10.4. The predicted molar refractivity (Wildman–Crippen MR) is 127 cm³/mol. The maximum atomic E-state index is 12.4. The third kappa shape index (κ3) is 5.94. The molecule has 2 aromatic carbocycles. The van der Waals surface area contributed by atoms with Gasteiger partial charge in [0.15, 0.2) is 11.6 Å². The fourth-order valence-electron chi connectivity index (χ4n) is 3.28. The summed E-state index contributed by atoms with van der Waals surface area (Å²) >= 11 is 0. The molecule has 0 unspecified atom stereocenters. The van der Waals surface area contributed by atoms with Crippen LogP contribution in [-0.4, -0.2) is 32.0 Å². The minimum absolute atomic E-state index is 0.170. The third-order valence-electron chi connectivity index (χ3n) is 4.83. The predicted octanol–water partition coefficient (Wildman–Crippen LogP) is 4.21. The number of ether oxygens (including phenoxy) is 2. The highest BCUT2D eigenvalue weighted by Gasteiger charge is 2.11. The van der Waals surface area contributed by atoms with Gasteiger partial charge in [-0.3, -0.25) is 4.79 Å². The smallest absolute Gasteiger partial charge is 0.431 e. The average molecular weight is 467 g/mol. The van der Waals surface area contributed by atoms with Gasteiger partial charge in [-0.05, 0) is 43.7 Å². The molecule has 0 saturated heterocycles. The Bertz CT molecular complexity index is 1460. The van der Waals surface area contributed by atoms with Gasteiger partial charge in [0.05, 0.1) is 42.4 Å². The lowest BCUT2D eigenvalue weighted by Crippen LogP contribution is -2.22. The largest absolute Gasteiger partial charge is 0.514 e. The van der Waals surface area contributed by atoms with Crippen molar-refractivity contribution in [1.82, 2.24) is 19.7 Å². The molecule has 174 valence electrons. The molecule has 0 saturated carbocycles. The molecule has 35 heavy (non-hydrogen) atoms. The number of carbonyl (C=O) groups excluding carboxylic acids is 1. The number of nitrogens with zero attached hydrogens (tertiary/aromatic N) is 5. The Labute approximate surface area is 201 Å². The Balaban J connectivity index is 1.53. The zero-order valence-corrected chi connectivity index (χ0v) is 19.1. The quantitative estimate of drug-likeness (QED) is 0.387. The van der Waals surface area contributed by atoms with Crippen LogP contribution in [0.5, 0.6) is 5.75 Å². The Morgan fingerprint density at radius 1 is 1.03 bits per heavy atom. The van der Waals surface area contributed by atoms with E-state index < -0.39 is 6.16 Å². The van der Waals surface area contributed by atoms with Crippen LogP contribution in [-0.2, 0) is 11.3 Å².